The Kier molecular flexibility index (Phi) is 5.36. The van der Waals surface area contributed by atoms with E-state index >= 15 is 0 Å². The molecule has 3 N–H and O–H groups in total. The highest BCUT2D eigenvalue weighted by Crippen LogP contribution is 2.00. The van der Waals surface area contributed by atoms with E-state index in [1.807, 2.05) is 35.3 Å². The van der Waals surface area contributed by atoms with Crippen molar-refractivity contribution < 1.29 is 4.79 Å². The number of aromatic amines is 2. The lowest BCUT2D eigenvalue weighted by Crippen LogP contribution is -2.31. The summed E-state index contributed by atoms with van der Waals surface area (Å²) in [5.74, 6) is -0.485. The van der Waals surface area contributed by atoms with Gasteiger partial charge in [0, 0.05) is 6.21 Å². The number of nitrogens with one attached hydrogen (secondary N) is 3. The van der Waals surface area contributed by atoms with E-state index in [9.17, 15) is 14.4 Å². The van der Waals surface area contributed by atoms with Crippen molar-refractivity contribution in [2.24, 2.45) is 5.10 Å². The number of H-pyrrole nitrogens is 2. The molecule has 0 aliphatic carbocycles. The summed E-state index contributed by atoms with van der Waals surface area (Å²) in [6.45, 7) is 0. The van der Waals surface area contributed by atoms with Crippen LogP contribution in [0.3, 0.4) is 0 Å². The van der Waals surface area contributed by atoms with Gasteiger partial charge >= 0.3 is 5.69 Å². The second kappa shape index (κ2) is 7.67. The van der Waals surface area contributed by atoms with Gasteiger partial charge in [0.15, 0.2) is 0 Å². The Morgan fingerprint density at radius 2 is 2.05 bits per heavy atom. The maximum absolute atomic E-state index is 11.6. The third-order valence-corrected chi connectivity index (χ3v) is 2.80. The summed E-state index contributed by atoms with van der Waals surface area (Å²) in [6.07, 6.45) is 2.83. The molecular weight excluding hydrogens is 286 g/mol. The molecule has 0 atom stereocenters. The zero-order chi connectivity index (χ0) is 15.8. The topological polar surface area (TPSA) is 120 Å². The van der Waals surface area contributed by atoms with Gasteiger partial charge in [0.1, 0.15) is 5.69 Å². The number of nitrogens with zero attached hydrogens (tertiary/aromatic N) is 2. The van der Waals surface area contributed by atoms with Crippen LogP contribution in [0, 0.1) is 0 Å². The van der Waals surface area contributed by atoms with E-state index in [-0.39, 0.29) is 12.1 Å². The number of carbonyl (C=O) groups excluding carboxylic acids is 1. The van der Waals surface area contributed by atoms with Gasteiger partial charge < -0.3 is 0 Å². The van der Waals surface area contributed by atoms with Gasteiger partial charge in [0.25, 0.3) is 5.56 Å². The highest BCUT2D eigenvalue weighted by molar-refractivity contribution is 5.78. The van der Waals surface area contributed by atoms with E-state index in [4.69, 9.17) is 0 Å². The zero-order valence-electron chi connectivity index (χ0n) is 11.7. The third kappa shape index (κ3) is 4.82. The molecular formula is C14H15N5O3. The van der Waals surface area contributed by atoms with Crippen LogP contribution in [-0.4, -0.2) is 27.3 Å². The van der Waals surface area contributed by atoms with Crippen molar-refractivity contribution in [2.75, 3.05) is 0 Å². The number of carbonyl (C=O) groups is 1. The van der Waals surface area contributed by atoms with Crippen LogP contribution in [0.2, 0.25) is 0 Å². The molecule has 22 heavy (non-hydrogen) atoms. The molecule has 2 aromatic rings. The van der Waals surface area contributed by atoms with E-state index in [1.54, 1.807) is 6.21 Å². The van der Waals surface area contributed by atoms with Crippen molar-refractivity contribution in [3.05, 3.63) is 62.4 Å². The molecule has 0 aliphatic rings. The SMILES string of the molecule is O=C(Cc1n[nH]c(=O)[nH]c1=O)N/N=C/CCc1ccccc1. The van der Waals surface area contributed by atoms with E-state index in [0.717, 1.165) is 6.42 Å². The number of hydrazone groups is 1. The Labute approximate surface area is 125 Å². The smallest absolute Gasteiger partial charge is 0.273 e. The first kappa shape index (κ1) is 15.4. The molecule has 8 nitrogen and oxygen atoms in total. The Bertz CT molecular complexity index is 764. The maximum atomic E-state index is 11.6. The maximum Gasteiger partial charge on any atom is 0.342 e. The standard InChI is InChI=1S/C14H15N5O3/c20-12(9-11-13(21)16-14(22)19-17-11)18-15-8-4-7-10-5-2-1-3-6-10/h1-3,5-6,8H,4,7,9H2,(H,18,20)(H2,16,19,21,22)/b15-8+. The molecule has 1 aromatic heterocycles. The van der Waals surface area contributed by atoms with Crippen LogP contribution in [0.4, 0.5) is 0 Å². The lowest BCUT2D eigenvalue weighted by atomic mass is 10.1. The summed E-state index contributed by atoms with van der Waals surface area (Å²) in [4.78, 5) is 35.7. The van der Waals surface area contributed by atoms with Crippen molar-refractivity contribution in [3.8, 4) is 0 Å². The quantitative estimate of drug-likeness (QED) is 0.502. The Balaban J connectivity index is 1.76. The highest BCUT2D eigenvalue weighted by Gasteiger charge is 2.08. The van der Waals surface area contributed by atoms with Gasteiger partial charge in [0.05, 0.1) is 6.42 Å². The Morgan fingerprint density at radius 1 is 1.27 bits per heavy atom. The van der Waals surface area contributed by atoms with E-state index in [1.165, 1.54) is 5.56 Å². The molecule has 1 aromatic carbocycles. The van der Waals surface area contributed by atoms with Crippen molar-refractivity contribution in [2.45, 2.75) is 19.3 Å². The molecule has 0 unspecified atom stereocenters. The molecule has 0 bridgehead atoms. The summed E-state index contributed by atoms with van der Waals surface area (Å²) >= 11 is 0. The van der Waals surface area contributed by atoms with Crippen molar-refractivity contribution >= 4 is 12.1 Å². The first-order chi connectivity index (χ1) is 10.6. The summed E-state index contributed by atoms with van der Waals surface area (Å²) in [7, 11) is 0. The summed E-state index contributed by atoms with van der Waals surface area (Å²) in [6, 6.07) is 9.90. The predicted octanol–water partition coefficient (Wildman–Crippen LogP) is -0.264. The molecule has 2 rings (SSSR count). The normalized spacial score (nSPS) is 10.7. The molecule has 0 fully saturated rings. The molecule has 0 spiro atoms. The minimum atomic E-state index is -0.715. The van der Waals surface area contributed by atoms with Gasteiger partial charge in [-0.2, -0.15) is 10.2 Å². The Hall–Kier alpha value is -3.03. The number of hydrogen-bond donors (Lipinski definition) is 3. The van der Waals surface area contributed by atoms with Gasteiger partial charge in [-0.25, -0.2) is 15.3 Å². The van der Waals surface area contributed by atoms with Crippen molar-refractivity contribution in [1.29, 1.82) is 0 Å². The van der Waals surface area contributed by atoms with Crippen LogP contribution in [0.25, 0.3) is 0 Å². The van der Waals surface area contributed by atoms with E-state index < -0.39 is 17.2 Å². The van der Waals surface area contributed by atoms with Gasteiger partial charge in [-0.15, -0.1) is 0 Å². The van der Waals surface area contributed by atoms with E-state index in [0.29, 0.717) is 6.42 Å². The number of hydrogen-bond acceptors (Lipinski definition) is 5. The fraction of sp³-hybridized carbons (Fsp3) is 0.214. The fourth-order valence-corrected chi connectivity index (χ4v) is 1.74. The van der Waals surface area contributed by atoms with Gasteiger partial charge in [-0.3, -0.25) is 14.6 Å². The predicted molar refractivity (Wildman–Crippen MR) is 80.6 cm³/mol. The highest BCUT2D eigenvalue weighted by atomic mass is 16.2. The monoisotopic (exact) mass is 301 g/mol. The first-order valence-electron chi connectivity index (χ1n) is 6.67. The third-order valence-electron chi connectivity index (χ3n) is 2.80. The van der Waals surface area contributed by atoms with Crippen LogP contribution in [-0.2, 0) is 17.6 Å². The van der Waals surface area contributed by atoms with E-state index in [2.05, 4.69) is 20.7 Å². The zero-order valence-corrected chi connectivity index (χ0v) is 11.7. The second-order valence-electron chi connectivity index (χ2n) is 4.50. The first-order valence-corrected chi connectivity index (χ1v) is 6.67. The molecule has 1 amide bonds. The molecule has 0 radical (unpaired) electrons. The lowest BCUT2D eigenvalue weighted by molar-refractivity contribution is -0.120. The minimum Gasteiger partial charge on any atom is -0.273 e. The second-order valence-corrected chi connectivity index (χ2v) is 4.50. The van der Waals surface area contributed by atoms with Crippen LogP contribution >= 0.6 is 0 Å². The molecule has 8 heteroatoms. The molecule has 0 aliphatic heterocycles. The number of rotatable bonds is 6. The number of aryl methyl sites for hydroxylation is 1. The van der Waals surface area contributed by atoms with Crippen LogP contribution in [0.5, 0.6) is 0 Å². The van der Waals surface area contributed by atoms with Crippen molar-refractivity contribution in [1.82, 2.24) is 20.6 Å². The summed E-state index contributed by atoms with van der Waals surface area (Å²) in [5.41, 5.74) is 2.01. The summed E-state index contributed by atoms with van der Waals surface area (Å²) in [5, 5.41) is 9.36. The van der Waals surface area contributed by atoms with Crippen LogP contribution < -0.4 is 16.7 Å². The molecule has 0 saturated heterocycles. The molecule has 114 valence electrons. The van der Waals surface area contributed by atoms with Crippen LogP contribution in [0.15, 0.2) is 45.0 Å². The van der Waals surface area contributed by atoms with Gasteiger partial charge in [0.2, 0.25) is 5.91 Å². The average molecular weight is 301 g/mol. The lowest BCUT2D eigenvalue weighted by Gasteiger charge is -1.99. The fourth-order valence-electron chi connectivity index (χ4n) is 1.74. The van der Waals surface area contributed by atoms with Crippen molar-refractivity contribution in [3.63, 3.8) is 0 Å². The van der Waals surface area contributed by atoms with Gasteiger partial charge in [-0.05, 0) is 18.4 Å². The minimum absolute atomic E-state index is 0.0726. The molecule has 0 saturated carbocycles. The van der Waals surface area contributed by atoms with Gasteiger partial charge in [-0.1, -0.05) is 30.3 Å². The average Bonchev–Trinajstić information content (AvgIpc) is 2.51. The Morgan fingerprint density at radius 3 is 2.77 bits per heavy atom. The summed E-state index contributed by atoms with van der Waals surface area (Å²) < 4.78 is 0. The number of aromatic nitrogens is 3. The number of amides is 1. The number of benzene rings is 1. The van der Waals surface area contributed by atoms with Crippen LogP contribution in [0.1, 0.15) is 17.7 Å². The largest absolute Gasteiger partial charge is 0.342 e. The molecule has 1 heterocycles.